The summed E-state index contributed by atoms with van der Waals surface area (Å²) in [5.41, 5.74) is 0. The number of ether oxygens (including phenoxy) is 4. The number of unbranched alkanes of at least 4 members (excludes halogenated alkanes) is 3. The lowest BCUT2D eigenvalue weighted by Crippen LogP contribution is -2.11. The molecule has 6 heteroatoms. The normalized spacial score (nSPS) is 10.2. The summed E-state index contributed by atoms with van der Waals surface area (Å²) >= 11 is 0. The predicted octanol–water partition coefficient (Wildman–Crippen LogP) is 3.90. The van der Waals surface area contributed by atoms with E-state index in [1.807, 2.05) is 0 Å². The van der Waals surface area contributed by atoms with Gasteiger partial charge in [-0.1, -0.05) is 32.3 Å². The first-order chi connectivity index (χ1) is 12.1. The quantitative estimate of drug-likeness (QED) is 0.323. The Labute approximate surface area is 149 Å². The average Bonchev–Trinajstić information content (AvgIpc) is 2.61. The molecular weight excluding hydrogens is 324 g/mol. The molecule has 0 aromatic heterocycles. The lowest BCUT2D eigenvalue weighted by atomic mass is 10.2. The van der Waals surface area contributed by atoms with Gasteiger partial charge in [-0.3, -0.25) is 9.59 Å². The highest BCUT2D eigenvalue weighted by Crippen LogP contribution is 2.37. The lowest BCUT2D eigenvalue weighted by Gasteiger charge is -2.12. The number of para-hydroxylation sites is 1. The van der Waals surface area contributed by atoms with E-state index in [0.717, 1.165) is 25.7 Å². The Bertz CT molecular complexity index is 518. The summed E-state index contributed by atoms with van der Waals surface area (Å²) in [5.74, 6) is 0.354. The molecule has 0 N–H and O–H groups in total. The number of esters is 2. The molecule has 0 bridgehead atoms. The van der Waals surface area contributed by atoms with Crippen LogP contribution in [-0.2, 0) is 14.3 Å². The first kappa shape index (κ1) is 20.8. The van der Waals surface area contributed by atoms with Gasteiger partial charge >= 0.3 is 11.9 Å². The molecule has 0 radical (unpaired) electrons. The number of benzene rings is 1. The Morgan fingerprint density at radius 2 is 1.52 bits per heavy atom. The third-order valence-electron chi connectivity index (χ3n) is 3.62. The van der Waals surface area contributed by atoms with Crippen molar-refractivity contribution in [2.45, 2.75) is 51.9 Å². The summed E-state index contributed by atoms with van der Waals surface area (Å²) in [6.45, 7) is 2.58. The van der Waals surface area contributed by atoms with E-state index in [0.29, 0.717) is 24.5 Å². The van der Waals surface area contributed by atoms with Crippen LogP contribution in [0.15, 0.2) is 18.2 Å². The van der Waals surface area contributed by atoms with Crippen LogP contribution in [0.4, 0.5) is 0 Å². The Morgan fingerprint density at radius 3 is 2.12 bits per heavy atom. The first-order valence-electron chi connectivity index (χ1n) is 8.69. The standard InChI is InChI=1S/C19H28O6/c1-4-5-6-7-14-24-17(20)12-9-13-18(21)25-19-15(22-2)10-8-11-16(19)23-3/h8,10-11H,4-7,9,12-14H2,1-3H3. The maximum Gasteiger partial charge on any atom is 0.311 e. The van der Waals surface area contributed by atoms with E-state index in [4.69, 9.17) is 18.9 Å². The molecule has 0 heterocycles. The zero-order valence-electron chi connectivity index (χ0n) is 15.3. The van der Waals surface area contributed by atoms with Crippen molar-refractivity contribution in [2.24, 2.45) is 0 Å². The third kappa shape index (κ3) is 7.92. The second-order valence-electron chi connectivity index (χ2n) is 5.60. The fourth-order valence-corrected chi connectivity index (χ4v) is 2.25. The van der Waals surface area contributed by atoms with E-state index in [2.05, 4.69) is 6.92 Å². The van der Waals surface area contributed by atoms with Crippen molar-refractivity contribution in [3.8, 4) is 17.2 Å². The summed E-state index contributed by atoms with van der Waals surface area (Å²) < 4.78 is 20.8. The van der Waals surface area contributed by atoms with Gasteiger partial charge in [-0.15, -0.1) is 0 Å². The summed E-state index contributed by atoms with van der Waals surface area (Å²) in [4.78, 5) is 23.6. The van der Waals surface area contributed by atoms with Gasteiger partial charge in [0, 0.05) is 12.8 Å². The van der Waals surface area contributed by atoms with Crippen molar-refractivity contribution in [3.05, 3.63) is 18.2 Å². The van der Waals surface area contributed by atoms with Crippen LogP contribution < -0.4 is 14.2 Å². The van der Waals surface area contributed by atoms with Gasteiger partial charge in [0.05, 0.1) is 20.8 Å². The number of hydrogen-bond donors (Lipinski definition) is 0. The van der Waals surface area contributed by atoms with E-state index in [-0.39, 0.29) is 24.6 Å². The minimum Gasteiger partial charge on any atom is -0.493 e. The summed E-state index contributed by atoms with van der Waals surface area (Å²) in [7, 11) is 2.98. The SMILES string of the molecule is CCCCCCOC(=O)CCCC(=O)Oc1c(OC)cccc1OC. The molecular formula is C19H28O6. The minimum absolute atomic E-state index is 0.117. The number of rotatable bonds is 12. The van der Waals surface area contributed by atoms with Gasteiger partial charge in [-0.05, 0) is 25.0 Å². The summed E-state index contributed by atoms with van der Waals surface area (Å²) in [6, 6.07) is 5.10. The first-order valence-corrected chi connectivity index (χ1v) is 8.69. The fraction of sp³-hybridized carbons (Fsp3) is 0.579. The van der Waals surface area contributed by atoms with Crippen molar-refractivity contribution in [1.82, 2.24) is 0 Å². The number of carbonyl (C=O) groups is 2. The molecule has 1 rings (SSSR count). The second-order valence-corrected chi connectivity index (χ2v) is 5.60. The van der Waals surface area contributed by atoms with Crippen molar-refractivity contribution >= 4 is 11.9 Å². The number of carbonyl (C=O) groups excluding carboxylic acids is 2. The van der Waals surface area contributed by atoms with Crippen molar-refractivity contribution in [1.29, 1.82) is 0 Å². The Balaban J connectivity index is 2.33. The van der Waals surface area contributed by atoms with Crippen LogP contribution in [0.25, 0.3) is 0 Å². The van der Waals surface area contributed by atoms with E-state index >= 15 is 0 Å². The highest BCUT2D eigenvalue weighted by molar-refractivity contribution is 5.75. The van der Waals surface area contributed by atoms with E-state index in [9.17, 15) is 9.59 Å². The maximum absolute atomic E-state index is 12.0. The minimum atomic E-state index is -0.446. The van der Waals surface area contributed by atoms with Crippen molar-refractivity contribution in [3.63, 3.8) is 0 Å². The van der Waals surface area contributed by atoms with Crippen LogP contribution in [0.1, 0.15) is 51.9 Å². The Morgan fingerprint density at radius 1 is 0.880 bits per heavy atom. The fourth-order valence-electron chi connectivity index (χ4n) is 2.25. The van der Waals surface area contributed by atoms with Gasteiger partial charge < -0.3 is 18.9 Å². The van der Waals surface area contributed by atoms with Gasteiger partial charge in [0.25, 0.3) is 0 Å². The Hall–Kier alpha value is -2.24. The molecule has 0 aliphatic carbocycles. The molecule has 0 saturated carbocycles. The molecule has 140 valence electrons. The number of hydrogen-bond acceptors (Lipinski definition) is 6. The van der Waals surface area contributed by atoms with E-state index in [1.54, 1.807) is 18.2 Å². The van der Waals surface area contributed by atoms with Crippen molar-refractivity contribution in [2.75, 3.05) is 20.8 Å². The van der Waals surface area contributed by atoms with Gasteiger partial charge in [0.2, 0.25) is 5.75 Å². The largest absolute Gasteiger partial charge is 0.493 e. The molecule has 0 unspecified atom stereocenters. The van der Waals surface area contributed by atoms with Crippen LogP contribution in [0.2, 0.25) is 0 Å². The van der Waals surface area contributed by atoms with Crippen molar-refractivity contribution < 1.29 is 28.5 Å². The zero-order chi connectivity index (χ0) is 18.5. The molecule has 1 aromatic carbocycles. The molecule has 6 nitrogen and oxygen atoms in total. The predicted molar refractivity (Wildman–Crippen MR) is 94.1 cm³/mol. The molecule has 0 aliphatic rings. The molecule has 0 saturated heterocycles. The monoisotopic (exact) mass is 352 g/mol. The van der Waals surface area contributed by atoms with Gasteiger partial charge in [0.1, 0.15) is 0 Å². The topological polar surface area (TPSA) is 71.1 Å². The Kier molecular flexibility index (Phi) is 10.1. The average molecular weight is 352 g/mol. The molecule has 0 spiro atoms. The van der Waals surface area contributed by atoms with Gasteiger partial charge in [0.15, 0.2) is 11.5 Å². The third-order valence-corrected chi connectivity index (χ3v) is 3.62. The molecule has 0 atom stereocenters. The molecule has 1 aromatic rings. The molecule has 25 heavy (non-hydrogen) atoms. The number of methoxy groups -OCH3 is 2. The molecule has 0 fully saturated rings. The molecule has 0 amide bonds. The van der Waals surface area contributed by atoms with Crippen LogP contribution in [-0.4, -0.2) is 32.8 Å². The van der Waals surface area contributed by atoms with E-state index < -0.39 is 5.97 Å². The summed E-state index contributed by atoms with van der Waals surface area (Å²) in [6.07, 6.45) is 4.94. The second kappa shape index (κ2) is 12.2. The lowest BCUT2D eigenvalue weighted by molar-refractivity contribution is -0.144. The summed E-state index contributed by atoms with van der Waals surface area (Å²) in [5, 5.41) is 0. The van der Waals surface area contributed by atoms with Crippen LogP contribution in [0.3, 0.4) is 0 Å². The smallest absolute Gasteiger partial charge is 0.311 e. The van der Waals surface area contributed by atoms with Crippen LogP contribution in [0, 0.1) is 0 Å². The van der Waals surface area contributed by atoms with Crippen LogP contribution >= 0.6 is 0 Å². The highest BCUT2D eigenvalue weighted by atomic mass is 16.6. The van der Waals surface area contributed by atoms with Gasteiger partial charge in [-0.2, -0.15) is 0 Å². The maximum atomic E-state index is 12.0. The zero-order valence-corrected chi connectivity index (χ0v) is 15.3. The molecule has 0 aliphatic heterocycles. The highest BCUT2D eigenvalue weighted by Gasteiger charge is 2.16. The van der Waals surface area contributed by atoms with Crippen LogP contribution in [0.5, 0.6) is 17.2 Å². The van der Waals surface area contributed by atoms with Gasteiger partial charge in [-0.25, -0.2) is 0 Å². The van der Waals surface area contributed by atoms with E-state index in [1.165, 1.54) is 14.2 Å².